The summed E-state index contributed by atoms with van der Waals surface area (Å²) in [4.78, 5) is 13.1. The summed E-state index contributed by atoms with van der Waals surface area (Å²) < 4.78 is 16.4. The fourth-order valence-corrected chi connectivity index (χ4v) is 3.00. The second-order valence-electron chi connectivity index (χ2n) is 5.64. The lowest BCUT2D eigenvalue weighted by Crippen LogP contribution is -2.11. The van der Waals surface area contributed by atoms with Crippen molar-refractivity contribution in [2.24, 2.45) is 0 Å². The van der Waals surface area contributed by atoms with Crippen LogP contribution in [0.3, 0.4) is 0 Å². The minimum Gasteiger partial charge on any atom is -0.494 e. The summed E-state index contributed by atoms with van der Waals surface area (Å²) in [7, 11) is 0. The van der Waals surface area contributed by atoms with Gasteiger partial charge in [-0.25, -0.2) is 0 Å². The van der Waals surface area contributed by atoms with Crippen LogP contribution in [0.25, 0.3) is 11.5 Å². The van der Waals surface area contributed by atoms with Gasteiger partial charge in [-0.05, 0) is 50.2 Å². The predicted molar refractivity (Wildman–Crippen MR) is 103 cm³/mol. The zero-order chi connectivity index (χ0) is 19.1. The third-order valence-electron chi connectivity index (χ3n) is 3.61. The summed E-state index contributed by atoms with van der Waals surface area (Å²) in [6, 6.07) is 17.0. The van der Waals surface area contributed by atoms with Gasteiger partial charge in [0.25, 0.3) is 5.89 Å². The molecule has 0 unspecified atom stereocenters. The molecule has 0 N–H and O–H groups in total. The number of rotatable bonds is 8. The van der Waals surface area contributed by atoms with Crippen LogP contribution in [0, 0.1) is 0 Å². The van der Waals surface area contributed by atoms with Gasteiger partial charge < -0.3 is 13.9 Å². The first-order valence-electron chi connectivity index (χ1n) is 8.59. The van der Waals surface area contributed by atoms with E-state index in [1.165, 1.54) is 11.8 Å². The Balaban J connectivity index is 1.51. The SMILES string of the molecule is CCOc1ccc(SCC(=O)O[C@@H](C)c2nnc(-c3ccccc3)o2)cc1. The van der Waals surface area contributed by atoms with Gasteiger partial charge in [0.1, 0.15) is 5.75 Å². The van der Waals surface area contributed by atoms with Gasteiger partial charge in [-0.2, -0.15) is 0 Å². The van der Waals surface area contributed by atoms with Crippen LogP contribution in [0.2, 0.25) is 0 Å². The molecule has 0 bridgehead atoms. The van der Waals surface area contributed by atoms with Crippen LogP contribution in [0.4, 0.5) is 0 Å². The second-order valence-corrected chi connectivity index (χ2v) is 6.69. The molecule has 1 heterocycles. The molecule has 2 aromatic carbocycles. The Morgan fingerprint density at radius 2 is 1.85 bits per heavy atom. The normalized spacial score (nSPS) is 11.8. The summed E-state index contributed by atoms with van der Waals surface area (Å²) in [5.74, 6) is 1.33. The number of thioether (sulfide) groups is 1. The van der Waals surface area contributed by atoms with Crippen molar-refractivity contribution in [2.75, 3.05) is 12.4 Å². The van der Waals surface area contributed by atoms with Crippen molar-refractivity contribution in [3.8, 4) is 17.2 Å². The van der Waals surface area contributed by atoms with E-state index in [0.29, 0.717) is 12.5 Å². The van der Waals surface area contributed by atoms with E-state index in [9.17, 15) is 4.79 Å². The van der Waals surface area contributed by atoms with E-state index in [2.05, 4.69) is 10.2 Å². The smallest absolute Gasteiger partial charge is 0.317 e. The Morgan fingerprint density at radius 3 is 2.56 bits per heavy atom. The Bertz CT molecular complexity index is 865. The highest BCUT2D eigenvalue weighted by Crippen LogP contribution is 2.24. The Labute approximate surface area is 161 Å². The molecule has 6 nitrogen and oxygen atoms in total. The Kier molecular flexibility index (Phi) is 6.49. The highest BCUT2D eigenvalue weighted by atomic mass is 32.2. The van der Waals surface area contributed by atoms with E-state index in [0.717, 1.165) is 16.2 Å². The third kappa shape index (κ3) is 5.34. The molecule has 27 heavy (non-hydrogen) atoms. The van der Waals surface area contributed by atoms with Crippen molar-refractivity contribution in [2.45, 2.75) is 24.8 Å². The number of nitrogens with zero attached hydrogens (tertiary/aromatic N) is 2. The van der Waals surface area contributed by atoms with Gasteiger partial charge in [-0.3, -0.25) is 4.79 Å². The van der Waals surface area contributed by atoms with Gasteiger partial charge >= 0.3 is 5.97 Å². The van der Waals surface area contributed by atoms with E-state index in [1.807, 2.05) is 61.5 Å². The summed E-state index contributed by atoms with van der Waals surface area (Å²) in [5, 5.41) is 7.98. The van der Waals surface area contributed by atoms with E-state index >= 15 is 0 Å². The maximum atomic E-state index is 12.1. The first-order chi connectivity index (χ1) is 13.2. The standard InChI is InChI=1S/C20H20N2O4S/c1-3-24-16-9-11-17(12-10-16)27-13-18(23)25-14(2)19-21-22-20(26-19)15-7-5-4-6-8-15/h4-12,14H,3,13H2,1-2H3/t14-/m0/s1. The van der Waals surface area contributed by atoms with Gasteiger partial charge in [-0.15, -0.1) is 22.0 Å². The third-order valence-corrected chi connectivity index (χ3v) is 4.59. The van der Waals surface area contributed by atoms with Crippen LogP contribution in [-0.2, 0) is 9.53 Å². The Hall–Kier alpha value is -2.80. The number of benzene rings is 2. The lowest BCUT2D eigenvalue weighted by Gasteiger charge is -2.09. The average Bonchev–Trinajstić information content (AvgIpc) is 3.19. The minimum absolute atomic E-state index is 0.192. The van der Waals surface area contributed by atoms with E-state index in [1.54, 1.807) is 6.92 Å². The van der Waals surface area contributed by atoms with Crippen molar-refractivity contribution >= 4 is 17.7 Å². The average molecular weight is 384 g/mol. The molecular weight excluding hydrogens is 364 g/mol. The summed E-state index contributed by atoms with van der Waals surface area (Å²) >= 11 is 1.40. The van der Waals surface area contributed by atoms with Gasteiger partial charge in [-0.1, -0.05) is 18.2 Å². The van der Waals surface area contributed by atoms with Crippen LogP contribution in [-0.4, -0.2) is 28.5 Å². The molecule has 0 saturated heterocycles. The lowest BCUT2D eigenvalue weighted by atomic mass is 10.2. The summed E-state index contributed by atoms with van der Waals surface area (Å²) in [5.41, 5.74) is 0.820. The molecule has 1 atom stereocenters. The molecule has 0 saturated carbocycles. The van der Waals surface area contributed by atoms with Crippen LogP contribution in [0.1, 0.15) is 25.8 Å². The second kappa shape index (κ2) is 9.23. The lowest BCUT2D eigenvalue weighted by molar-refractivity contribution is -0.146. The molecule has 140 valence electrons. The minimum atomic E-state index is -0.608. The molecule has 0 aliphatic carbocycles. The Morgan fingerprint density at radius 1 is 1.11 bits per heavy atom. The first-order valence-corrected chi connectivity index (χ1v) is 9.58. The van der Waals surface area contributed by atoms with Crippen LogP contribution in [0.5, 0.6) is 5.75 Å². The molecule has 0 spiro atoms. The van der Waals surface area contributed by atoms with Crippen molar-refractivity contribution in [1.82, 2.24) is 10.2 Å². The van der Waals surface area contributed by atoms with Crippen LogP contribution >= 0.6 is 11.8 Å². The quantitative estimate of drug-likeness (QED) is 0.417. The summed E-state index contributed by atoms with van der Waals surface area (Å²) in [6.45, 7) is 4.27. The number of carbonyl (C=O) groups excluding carboxylic acids is 1. The molecule has 0 aliphatic heterocycles. The predicted octanol–water partition coefficient (Wildman–Crippen LogP) is 4.53. The van der Waals surface area contributed by atoms with Crippen molar-refractivity contribution in [3.05, 3.63) is 60.5 Å². The molecule has 0 aliphatic rings. The van der Waals surface area contributed by atoms with E-state index in [-0.39, 0.29) is 17.6 Å². The molecule has 0 fully saturated rings. The molecule has 0 amide bonds. The molecule has 1 aromatic heterocycles. The highest BCUT2D eigenvalue weighted by molar-refractivity contribution is 8.00. The molecule has 3 aromatic rings. The molecular formula is C20H20N2O4S. The number of hydrogen-bond acceptors (Lipinski definition) is 7. The fraction of sp³-hybridized carbons (Fsp3) is 0.250. The van der Waals surface area contributed by atoms with Crippen molar-refractivity contribution in [1.29, 1.82) is 0 Å². The van der Waals surface area contributed by atoms with E-state index in [4.69, 9.17) is 13.9 Å². The number of hydrogen-bond donors (Lipinski definition) is 0. The van der Waals surface area contributed by atoms with Crippen molar-refractivity contribution < 1.29 is 18.7 Å². The number of ether oxygens (including phenoxy) is 2. The topological polar surface area (TPSA) is 74.5 Å². The first kappa shape index (κ1) is 19.0. The van der Waals surface area contributed by atoms with Crippen LogP contribution < -0.4 is 4.74 Å². The molecule has 7 heteroatoms. The van der Waals surface area contributed by atoms with E-state index < -0.39 is 6.10 Å². The fourth-order valence-electron chi connectivity index (χ4n) is 2.32. The van der Waals surface area contributed by atoms with Crippen LogP contribution in [0.15, 0.2) is 63.9 Å². The maximum absolute atomic E-state index is 12.1. The molecule has 3 rings (SSSR count). The maximum Gasteiger partial charge on any atom is 0.317 e. The highest BCUT2D eigenvalue weighted by Gasteiger charge is 2.19. The van der Waals surface area contributed by atoms with Gasteiger partial charge in [0, 0.05) is 10.5 Å². The monoisotopic (exact) mass is 384 g/mol. The van der Waals surface area contributed by atoms with Gasteiger partial charge in [0.15, 0.2) is 6.10 Å². The number of esters is 1. The number of aromatic nitrogens is 2. The molecule has 0 radical (unpaired) electrons. The van der Waals surface area contributed by atoms with Gasteiger partial charge in [0.05, 0.1) is 12.4 Å². The number of carbonyl (C=O) groups is 1. The zero-order valence-electron chi connectivity index (χ0n) is 15.1. The largest absolute Gasteiger partial charge is 0.494 e. The van der Waals surface area contributed by atoms with Gasteiger partial charge in [0.2, 0.25) is 5.89 Å². The van der Waals surface area contributed by atoms with Crippen molar-refractivity contribution in [3.63, 3.8) is 0 Å². The summed E-state index contributed by atoms with van der Waals surface area (Å²) in [6.07, 6.45) is -0.608. The zero-order valence-corrected chi connectivity index (χ0v) is 15.9.